The Balaban J connectivity index is 1.84. The largest absolute Gasteiger partial charge is 0.370 e. The summed E-state index contributed by atoms with van der Waals surface area (Å²) in [4.78, 5) is 16.4. The van der Waals surface area contributed by atoms with Crippen molar-refractivity contribution in [3.8, 4) is 0 Å². The predicted octanol–water partition coefficient (Wildman–Crippen LogP) is 3.92. The lowest BCUT2D eigenvalue weighted by Gasteiger charge is -2.08. The van der Waals surface area contributed by atoms with Gasteiger partial charge in [0.15, 0.2) is 0 Å². The van der Waals surface area contributed by atoms with E-state index in [1.807, 2.05) is 24.3 Å². The minimum Gasteiger partial charge on any atom is -0.370 e. The molecule has 1 amide bonds. The van der Waals surface area contributed by atoms with Gasteiger partial charge < -0.3 is 10.6 Å². The Hall–Kier alpha value is -2.07. The van der Waals surface area contributed by atoms with Crippen molar-refractivity contribution >= 4 is 23.3 Å². The first kappa shape index (κ1) is 17.3. The van der Waals surface area contributed by atoms with Crippen molar-refractivity contribution in [3.05, 3.63) is 58.7 Å². The fourth-order valence-corrected chi connectivity index (χ4v) is 2.39. The van der Waals surface area contributed by atoms with Gasteiger partial charge in [-0.05, 0) is 42.7 Å². The van der Waals surface area contributed by atoms with Gasteiger partial charge >= 0.3 is 0 Å². The van der Waals surface area contributed by atoms with Crippen LogP contribution in [0.2, 0.25) is 5.02 Å². The summed E-state index contributed by atoms with van der Waals surface area (Å²) < 4.78 is 0. The number of unbranched alkanes of at least 4 members (excludes halogenated alkanes) is 1. The molecular formula is C18H22ClN3O. The Morgan fingerprint density at radius 2 is 2.09 bits per heavy atom. The second-order valence-electron chi connectivity index (χ2n) is 5.35. The van der Waals surface area contributed by atoms with E-state index in [4.69, 9.17) is 11.6 Å². The second-order valence-corrected chi connectivity index (χ2v) is 5.78. The number of nitrogens with zero attached hydrogens (tertiary/aromatic N) is 1. The molecule has 0 aliphatic rings. The van der Waals surface area contributed by atoms with Crippen LogP contribution in [0.5, 0.6) is 0 Å². The van der Waals surface area contributed by atoms with Crippen LogP contribution in [0.4, 0.5) is 5.82 Å². The van der Waals surface area contributed by atoms with Gasteiger partial charge in [-0.2, -0.15) is 0 Å². The highest BCUT2D eigenvalue weighted by Gasteiger charge is 2.06. The van der Waals surface area contributed by atoms with Crippen LogP contribution in [0.3, 0.4) is 0 Å². The fraction of sp³-hybridized carbons (Fsp3) is 0.333. The molecule has 2 rings (SSSR count). The Labute approximate surface area is 142 Å². The molecule has 2 aromatic rings. The number of amides is 1. The molecule has 1 aromatic heterocycles. The molecule has 2 N–H and O–H groups in total. The average molecular weight is 332 g/mol. The van der Waals surface area contributed by atoms with Crippen LogP contribution < -0.4 is 10.6 Å². The zero-order valence-corrected chi connectivity index (χ0v) is 14.1. The van der Waals surface area contributed by atoms with Gasteiger partial charge in [0.2, 0.25) is 0 Å². The summed E-state index contributed by atoms with van der Waals surface area (Å²) in [6, 6.07) is 11.2. The summed E-state index contributed by atoms with van der Waals surface area (Å²) in [5.74, 6) is 0.647. The van der Waals surface area contributed by atoms with Crippen molar-refractivity contribution in [3.63, 3.8) is 0 Å². The number of anilines is 1. The highest BCUT2D eigenvalue weighted by atomic mass is 35.5. The van der Waals surface area contributed by atoms with Crippen molar-refractivity contribution in [2.75, 3.05) is 18.4 Å². The van der Waals surface area contributed by atoms with Gasteiger partial charge in [-0.15, -0.1) is 0 Å². The fourth-order valence-electron chi connectivity index (χ4n) is 2.18. The van der Waals surface area contributed by atoms with Crippen molar-refractivity contribution in [1.29, 1.82) is 0 Å². The number of pyridine rings is 1. The molecule has 1 heterocycles. The molecule has 0 aliphatic heterocycles. The number of benzene rings is 1. The normalized spacial score (nSPS) is 10.3. The molecule has 0 radical (unpaired) electrons. The predicted molar refractivity (Wildman–Crippen MR) is 95.1 cm³/mol. The molecule has 122 valence electrons. The number of hydrogen-bond donors (Lipinski definition) is 2. The third-order valence-corrected chi connectivity index (χ3v) is 3.68. The van der Waals surface area contributed by atoms with E-state index >= 15 is 0 Å². The van der Waals surface area contributed by atoms with Gasteiger partial charge in [0, 0.05) is 29.9 Å². The second kappa shape index (κ2) is 9.16. The summed E-state index contributed by atoms with van der Waals surface area (Å²) in [7, 11) is 0. The molecule has 0 unspecified atom stereocenters. The number of hydrogen-bond acceptors (Lipinski definition) is 3. The third kappa shape index (κ3) is 5.91. The first-order valence-electron chi connectivity index (χ1n) is 7.91. The summed E-state index contributed by atoms with van der Waals surface area (Å²) in [6.07, 6.45) is 4.60. The van der Waals surface area contributed by atoms with Crippen molar-refractivity contribution in [2.24, 2.45) is 0 Å². The molecule has 0 bridgehead atoms. The molecule has 0 spiro atoms. The van der Waals surface area contributed by atoms with Gasteiger partial charge in [-0.3, -0.25) is 4.79 Å². The van der Waals surface area contributed by atoms with E-state index < -0.39 is 0 Å². The lowest BCUT2D eigenvalue weighted by atomic mass is 10.1. The average Bonchev–Trinajstić information content (AvgIpc) is 2.55. The standard InChI is InChI=1S/C18H22ClN3O/c1-2-3-9-20-17-13-15(8-11-21-17)18(23)22-10-7-14-5-4-6-16(19)12-14/h4-6,8,11-13H,2-3,7,9-10H2,1H3,(H,20,21)(H,22,23). The van der Waals surface area contributed by atoms with E-state index in [9.17, 15) is 4.79 Å². The number of carbonyl (C=O) groups excluding carboxylic acids is 1. The number of carbonyl (C=O) groups is 1. The summed E-state index contributed by atoms with van der Waals surface area (Å²) in [5, 5.41) is 6.86. The SMILES string of the molecule is CCCCNc1cc(C(=O)NCCc2cccc(Cl)c2)ccn1. The molecular weight excluding hydrogens is 310 g/mol. The highest BCUT2D eigenvalue weighted by Crippen LogP contribution is 2.11. The van der Waals surface area contributed by atoms with E-state index in [1.165, 1.54) is 0 Å². The maximum Gasteiger partial charge on any atom is 0.251 e. The molecule has 0 atom stereocenters. The molecule has 4 nitrogen and oxygen atoms in total. The lowest BCUT2D eigenvalue weighted by molar-refractivity contribution is 0.0954. The molecule has 0 saturated carbocycles. The smallest absolute Gasteiger partial charge is 0.251 e. The Bertz CT molecular complexity index is 646. The number of nitrogens with one attached hydrogen (secondary N) is 2. The van der Waals surface area contributed by atoms with E-state index in [-0.39, 0.29) is 5.91 Å². The minimum absolute atomic E-state index is 0.0898. The number of rotatable bonds is 8. The molecule has 5 heteroatoms. The van der Waals surface area contributed by atoms with E-state index in [2.05, 4.69) is 22.5 Å². The first-order valence-corrected chi connectivity index (χ1v) is 8.29. The van der Waals surface area contributed by atoms with Crippen LogP contribution in [0.15, 0.2) is 42.6 Å². The van der Waals surface area contributed by atoms with Crippen LogP contribution in [0.25, 0.3) is 0 Å². The van der Waals surface area contributed by atoms with Crippen molar-refractivity contribution < 1.29 is 4.79 Å². The van der Waals surface area contributed by atoms with E-state index in [0.29, 0.717) is 17.1 Å². The van der Waals surface area contributed by atoms with Gasteiger partial charge in [-0.25, -0.2) is 4.98 Å². The van der Waals surface area contributed by atoms with Gasteiger partial charge in [0.25, 0.3) is 5.91 Å². The Morgan fingerprint density at radius 1 is 1.22 bits per heavy atom. The maximum absolute atomic E-state index is 12.2. The van der Waals surface area contributed by atoms with E-state index in [0.717, 1.165) is 37.2 Å². The Morgan fingerprint density at radius 3 is 2.87 bits per heavy atom. The van der Waals surface area contributed by atoms with Crippen LogP contribution in [0, 0.1) is 0 Å². The maximum atomic E-state index is 12.2. The van der Waals surface area contributed by atoms with Crippen molar-refractivity contribution in [1.82, 2.24) is 10.3 Å². The number of aromatic nitrogens is 1. The summed E-state index contributed by atoms with van der Waals surface area (Å²) >= 11 is 5.95. The van der Waals surface area contributed by atoms with Crippen LogP contribution >= 0.6 is 11.6 Å². The van der Waals surface area contributed by atoms with Gasteiger partial charge in [-0.1, -0.05) is 37.1 Å². The highest BCUT2D eigenvalue weighted by molar-refractivity contribution is 6.30. The quantitative estimate of drug-likeness (QED) is 0.721. The first-order chi connectivity index (χ1) is 11.2. The Kier molecular flexibility index (Phi) is 6.88. The molecule has 0 saturated heterocycles. The van der Waals surface area contributed by atoms with Crippen LogP contribution in [-0.4, -0.2) is 24.0 Å². The van der Waals surface area contributed by atoms with Crippen LogP contribution in [-0.2, 0) is 6.42 Å². The molecule has 0 aliphatic carbocycles. The molecule has 23 heavy (non-hydrogen) atoms. The van der Waals surface area contributed by atoms with E-state index in [1.54, 1.807) is 18.3 Å². The third-order valence-electron chi connectivity index (χ3n) is 3.45. The van der Waals surface area contributed by atoms with Crippen molar-refractivity contribution in [2.45, 2.75) is 26.2 Å². The summed E-state index contributed by atoms with van der Waals surface area (Å²) in [6.45, 7) is 3.57. The number of halogens is 1. The minimum atomic E-state index is -0.0898. The monoisotopic (exact) mass is 331 g/mol. The molecule has 0 fully saturated rings. The van der Waals surface area contributed by atoms with Gasteiger partial charge in [0.05, 0.1) is 0 Å². The zero-order chi connectivity index (χ0) is 16.5. The van der Waals surface area contributed by atoms with Gasteiger partial charge in [0.1, 0.15) is 5.82 Å². The zero-order valence-electron chi connectivity index (χ0n) is 13.3. The topological polar surface area (TPSA) is 54.0 Å². The van der Waals surface area contributed by atoms with Crippen LogP contribution in [0.1, 0.15) is 35.7 Å². The summed E-state index contributed by atoms with van der Waals surface area (Å²) in [5.41, 5.74) is 1.72. The lowest BCUT2D eigenvalue weighted by Crippen LogP contribution is -2.25. The molecule has 1 aromatic carbocycles.